The zero-order valence-electron chi connectivity index (χ0n) is 9.45. The van der Waals surface area contributed by atoms with Crippen LogP contribution in [-0.2, 0) is 17.6 Å². The fraction of sp³-hybridized carbons (Fsp3) is 0.545. The molecule has 1 aromatic rings. The average molecular weight is 222 g/mol. The summed E-state index contributed by atoms with van der Waals surface area (Å²) in [7, 11) is 0. The molecule has 0 aliphatic carbocycles. The summed E-state index contributed by atoms with van der Waals surface area (Å²) in [5, 5.41) is 0. The van der Waals surface area contributed by atoms with E-state index in [0.29, 0.717) is 43.5 Å². The number of aryl methyl sites for hydroxylation is 1. The molecule has 5 nitrogen and oxygen atoms in total. The minimum absolute atomic E-state index is 0.347. The van der Waals surface area contributed by atoms with E-state index < -0.39 is 0 Å². The highest BCUT2D eigenvalue weighted by molar-refractivity contribution is 5.89. The second-order valence-corrected chi connectivity index (χ2v) is 3.44. The van der Waals surface area contributed by atoms with Gasteiger partial charge in [-0.3, -0.25) is 0 Å². The lowest BCUT2D eigenvalue weighted by atomic mass is 10.2. The van der Waals surface area contributed by atoms with Crippen molar-refractivity contribution in [3.63, 3.8) is 0 Å². The summed E-state index contributed by atoms with van der Waals surface area (Å²) in [6.45, 7) is 4.62. The Kier molecular flexibility index (Phi) is 3.03. The third-order valence-corrected chi connectivity index (χ3v) is 2.39. The number of rotatable bonds is 3. The molecule has 0 bridgehead atoms. The molecule has 0 radical (unpaired) electrons. The van der Waals surface area contributed by atoms with Crippen molar-refractivity contribution in [3.8, 4) is 5.88 Å². The number of fused-ring (bicyclic) bond motifs is 1. The maximum Gasteiger partial charge on any atom is 0.357 e. The van der Waals surface area contributed by atoms with Crippen molar-refractivity contribution in [1.82, 2.24) is 9.97 Å². The molecule has 0 N–H and O–H groups in total. The van der Waals surface area contributed by atoms with Gasteiger partial charge in [0.1, 0.15) is 5.82 Å². The maximum atomic E-state index is 11.7. The highest BCUT2D eigenvalue weighted by Gasteiger charge is 2.25. The quantitative estimate of drug-likeness (QED) is 0.718. The van der Waals surface area contributed by atoms with Crippen LogP contribution < -0.4 is 4.74 Å². The third kappa shape index (κ3) is 1.85. The number of esters is 1. The molecule has 0 spiro atoms. The highest BCUT2D eigenvalue weighted by Crippen LogP contribution is 2.25. The molecule has 0 saturated carbocycles. The van der Waals surface area contributed by atoms with E-state index in [2.05, 4.69) is 9.97 Å². The Hall–Kier alpha value is -1.65. The highest BCUT2D eigenvalue weighted by atomic mass is 16.5. The van der Waals surface area contributed by atoms with E-state index in [1.54, 1.807) is 6.92 Å². The van der Waals surface area contributed by atoms with Crippen LogP contribution in [0.25, 0.3) is 0 Å². The standard InChI is InChI=1S/C11H14N2O3/c1-3-8-12-9(11(14)15-4-2)7-5-6-16-10(7)13-8/h3-6H2,1-2H3. The van der Waals surface area contributed by atoms with E-state index in [1.165, 1.54) is 0 Å². The summed E-state index contributed by atoms with van der Waals surface area (Å²) in [6.07, 6.45) is 1.34. The van der Waals surface area contributed by atoms with E-state index in [1.807, 2.05) is 6.92 Å². The topological polar surface area (TPSA) is 61.3 Å². The SMILES string of the molecule is CCOC(=O)c1nc(CC)nc2c1CCO2. The van der Waals surface area contributed by atoms with Crippen molar-refractivity contribution in [2.75, 3.05) is 13.2 Å². The lowest BCUT2D eigenvalue weighted by molar-refractivity contribution is 0.0517. The van der Waals surface area contributed by atoms with E-state index in [9.17, 15) is 4.79 Å². The molecule has 0 unspecified atom stereocenters. The number of ether oxygens (including phenoxy) is 2. The second-order valence-electron chi connectivity index (χ2n) is 3.44. The summed E-state index contributed by atoms with van der Waals surface area (Å²) in [5.74, 6) is 0.764. The maximum absolute atomic E-state index is 11.7. The predicted molar refractivity (Wildman–Crippen MR) is 56.6 cm³/mol. The Labute approximate surface area is 93.8 Å². The van der Waals surface area contributed by atoms with Gasteiger partial charge in [-0.15, -0.1) is 0 Å². The number of carbonyl (C=O) groups is 1. The van der Waals surface area contributed by atoms with Gasteiger partial charge in [-0.2, -0.15) is 4.98 Å². The molecule has 1 aromatic heterocycles. The van der Waals surface area contributed by atoms with Crippen LogP contribution in [0.1, 0.15) is 35.7 Å². The summed E-state index contributed by atoms with van der Waals surface area (Å²) < 4.78 is 10.3. The van der Waals surface area contributed by atoms with Gasteiger partial charge in [-0.25, -0.2) is 9.78 Å². The largest absolute Gasteiger partial charge is 0.477 e. The molecular formula is C11H14N2O3. The molecule has 5 heteroatoms. The Bertz CT molecular complexity index is 418. The molecule has 1 aliphatic rings. The first-order valence-corrected chi connectivity index (χ1v) is 5.46. The Balaban J connectivity index is 2.42. The number of hydrogen-bond acceptors (Lipinski definition) is 5. The van der Waals surface area contributed by atoms with Gasteiger partial charge in [0.15, 0.2) is 5.69 Å². The lowest BCUT2D eigenvalue weighted by Gasteiger charge is -2.06. The first-order valence-electron chi connectivity index (χ1n) is 5.46. The molecule has 86 valence electrons. The number of nitrogens with zero attached hydrogens (tertiary/aromatic N) is 2. The van der Waals surface area contributed by atoms with E-state index in [0.717, 1.165) is 5.56 Å². The van der Waals surface area contributed by atoms with Crippen LogP contribution >= 0.6 is 0 Å². The number of aromatic nitrogens is 2. The molecule has 16 heavy (non-hydrogen) atoms. The summed E-state index contributed by atoms with van der Waals surface area (Å²) >= 11 is 0. The van der Waals surface area contributed by atoms with Crippen molar-refractivity contribution >= 4 is 5.97 Å². The number of carbonyl (C=O) groups excluding carboxylic acids is 1. The van der Waals surface area contributed by atoms with Gasteiger partial charge in [0.2, 0.25) is 5.88 Å². The average Bonchev–Trinajstić information content (AvgIpc) is 2.75. The minimum atomic E-state index is -0.388. The van der Waals surface area contributed by atoms with E-state index in [4.69, 9.17) is 9.47 Å². The van der Waals surface area contributed by atoms with Crippen LogP contribution in [0.4, 0.5) is 0 Å². The van der Waals surface area contributed by atoms with Crippen molar-refractivity contribution in [2.45, 2.75) is 26.7 Å². The molecule has 0 atom stereocenters. The van der Waals surface area contributed by atoms with Gasteiger partial charge in [-0.05, 0) is 6.92 Å². The van der Waals surface area contributed by atoms with Crippen molar-refractivity contribution in [1.29, 1.82) is 0 Å². The van der Waals surface area contributed by atoms with Crippen LogP contribution in [-0.4, -0.2) is 29.2 Å². The fourth-order valence-electron chi connectivity index (χ4n) is 1.63. The lowest BCUT2D eigenvalue weighted by Crippen LogP contribution is -2.12. The monoisotopic (exact) mass is 222 g/mol. The minimum Gasteiger partial charge on any atom is -0.477 e. The van der Waals surface area contributed by atoms with Crippen LogP contribution in [0.15, 0.2) is 0 Å². The fourth-order valence-corrected chi connectivity index (χ4v) is 1.63. The molecule has 0 aromatic carbocycles. The van der Waals surface area contributed by atoms with Crippen LogP contribution in [0, 0.1) is 0 Å². The molecule has 2 rings (SSSR count). The normalized spacial score (nSPS) is 13.1. The van der Waals surface area contributed by atoms with E-state index in [-0.39, 0.29) is 5.97 Å². The molecule has 0 saturated heterocycles. The molecular weight excluding hydrogens is 208 g/mol. The smallest absolute Gasteiger partial charge is 0.357 e. The summed E-state index contributed by atoms with van der Waals surface area (Å²) in [6, 6.07) is 0. The first kappa shape index (κ1) is 10.9. The van der Waals surface area contributed by atoms with Crippen molar-refractivity contribution in [3.05, 3.63) is 17.1 Å². The molecule has 0 fully saturated rings. The van der Waals surface area contributed by atoms with Gasteiger partial charge in [0.25, 0.3) is 0 Å². The first-order chi connectivity index (χ1) is 7.76. The van der Waals surface area contributed by atoms with Crippen LogP contribution in [0.5, 0.6) is 5.88 Å². The van der Waals surface area contributed by atoms with E-state index >= 15 is 0 Å². The van der Waals surface area contributed by atoms with Crippen LogP contribution in [0.3, 0.4) is 0 Å². The number of hydrogen-bond donors (Lipinski definition) is 0. The molecule has 0 amide bonds. The molecule has 2 heterocycles. The zero-order valence-corrected chi connectivity index (χ0v) is 9.45. The Morgan fingerprint density at radius 1 is 1.44 bits per heavy atom. The van der Waals surface area contributed by atoms with Crippen molar-refractivity contribution in [2.24, 2.45) is 0 Å². The second kappa shape index (κ2) is 4.47. The van der Waals surface area contributed by atoms with Gasteiger partial charge >= 0.3 is 5.97 Å². The Morgan fingerprint density at radius 3 is 2.94 bits per heavy atom. The molecule has 1 aliphatic heterocycles. The summed E-state index contributed by atoms with van der Waals surface area (Å²) in [4.78, 5) is 20.2. The zero-order chi connectivity index (χ0) is 11.5. The van der Waals surface area contributed by atoms with Crippen molar-refractivity contribution < 1.29 is 14.3 Å². The van der Waals surface area contributed by atoms with Gasteiger partial charge in [-0.1, -0.05) is 6.92 Å². The Morgan fingerprint density at radius 2 is 2.25 bits per heavy atom. The third-order valence-electron chi connectivity index (χ3n) is 2.39. The van der Waals surface area contributed by atoms with Gasteiger partial charge < -0.3 is 9.47 Å². The van der Waals surface area contributed by atoms with Gasteiger partial charge in [0.05, 0.1) is 18.8 Å². The van der Waals surface area contributed by atoms with Gasteiger partial charge in [0, 0.05) is 12.8 Å². The predicted octanol–water partition coefficient (Wildman–Crippen LogP) is 1.15. The van der Waals surface area contributed by atoms with Crippen LogP contribution in [0.2, 0.25) is 0 Å². The summed E-state index contributed by atoms with van der Waals surface area (Å²) in [5.41, 5.74) is 1.14.